The number of hydrogen-bond donors (Lipinski definition) is 1. The molecule has 0 spiro atoms. The highest BCUT2D eigenvalue weighted by atomic mass is 16.5. The Hall–Kier alpha value is -1.02. The van der Waals surface area contributed by atoms with E-state index in [9.17, 15) is 0 Å². The molecule has 2 atom stereocenters. The van der Waals surface area contributed by atoms with Gasteiger partial charge in [0.25, 0.3) is 0 Å². The molecule has 0 bridgehead atoms. The Morgan fingerprint density at radius 1 is 1.38 bits per heavy atom. The summed E-state index contributed by atoms with van der Waals surface area (Å²) in [6, 6.07) is 6.24. The van der Waals surface area contributed by atoms with Gasteiger partial charge in [-0.15, -0.1) is 0 Å². The van der Waals surface area contributed by atoms with Gasteiger partial charge in [0.2, 0.25) is 0 Å². The lowest BCUT2D eigenvalue weighted by Gasteiger charge is -2.12. The first-order chi connectivity index (χ1) is 7.54. The first-order valence-electron chi connectivity index (χ1n) is 5.87. The molecule has 1 aliphatic carbocycles. The van der Waals surface area contributed by atoms with Crippen molar-refractivity contribution >= 4 is 0 Å². The molecule has 1 aliphatic rings. The molecule has 1 aromatic rings. The molecular formula is C14H21NO. The zero-order valence-corrected chi connectivity index (χ0v) is 10.6. The van der Waals surface area contributed by atoms with Gasteiger partial charge in [-0.2, -0.15) is 0 Å². The Balaban J connectivity index is 2.42. The zero-order valence-electron chi connectivity index (χ0n) is 10.6. The standard InChI is InChI=1S/C14H21NO/c1-9-6-5-7-11(16-4)12(9)13-10(8-15)14(13,2)3/h5-7,10,13H,8,15H2,1-4H3/t10-,13+/m1/s1. The monoisotopic (exact) mass is 219 g/mol. The van der Waals surface area contributed by atoms with E-state index in [1.165, 1.54) is 11.1 Å². The van der Waals surface area contributed by atoms with E-state index >= 15 is 0 Å². The van der Waals surface area contributed by atoms with Crippen LogP contribution in [0, 0.1) is 18.3 Å². The summed E-state index contributed by atoms with van der Waals surface area (Å²) < 4.78 is 5.47. The number of ether oxygens (including phenoxy) is 1. The Bertz CT molecular complexity index is 398. The van der Waals surface area contributed by atoms with Gasteiger partial charge in [-0.1, -0.05) is 26.0 Å². The normalized spacial score (nSPS) is 26.6. The Labute approximate surface area is 97.8 Å². The van der Waals surface area contributed by atoms with E-state index in [4.69, 9.17) is 10.5 Å². The van der Waals surface area contributed by atoms with Gasteiger partial charge in [0, 0.05) is 5.56 Å². The molecular weight excluding hydrogens is 198 g/mol. The molecule has 16 heavy (non-hydrogen) atoms. The molecule has 0 radical (unpaired) electrons. The van der Waals surface area contributed by atoms with Crippen LogP contribution in [0.5, 0.6) is 5.75 Å². The predicted octanol–water partition coefficient (Wildman–Crippen LogP) is 2.70. The third kappa shape index (κ3) is 1.52. The van der Waals surface area contributed by atoms with E-state index in [2.05, 4.69) is 26.8 Å². The van der Waals surface area contributed by atoms with E-state index in [-0.39, 0.29) is 0 Å². The maximum Gasteiger partial charge on any atom is 0.122 e. The Morgan fingerprint density at radius 3 is 2.56 bits per heavy atom. The van der Waals surface area contributed by atoms with Crippen LogP contribution in [0.15, 0.2) is 18.2 Å². The zero-order chi connectivity index (χ0) is 11.9. The molecule has 88 valence electrons. The molecule has 1 fully saturated rings. The molecule has 0 saturated heterocycles. The largest absolute Gasteiger partial charge is 0.496 e. The fourth-order valence-electron chi connectivity index (χ4n) is 2.99. The smallest absolute Gasteiger partial charge is 0.122 e. The average Bonchev–Trinajstić information content (AvgIpc) is 2.79. The first-order valence-corrected chi connectivity index (χ1v) is 5.87. The van der Waals surface area contributed by atoms with Crippen molar-refractivity contribution in [1.29, 1.82) is 0 Å². The van der Waals surface area contributed by atoms with Crippen LogP contribution in [0.1, 0.15) is 30.9 Å². The van der Waals surface area contributed by atoms with Gasteiger partial charge in [-0.05, 0) is 42.3 Å². The van der Waals surface area contributed by atoms with E-state index in [1.807, 2.05) is 12.1 Å². The van der Waals surface area contributed by atoms with Crippen molar-refractivity contribution < 1.29 is 4.74 Å². The second-order valence-electron chi connectivity index (χ2n) is 5.33. The van der Waals surface area contributed by atoms with Crippen LogP contribution in [0.25, 0.3) is 0 Å². The van der Waals surface area contributed by atoms with Gasteiger partial charge in [-0.25, -0.2) is 0 Å². The molecule has 2 N–H and O–H groups in total. The van der Waals surface area contributed by atoms with Crippen LogP contribution in [0.4, 0.5) is 0 Å². The molecule has 0 unspecified atom stereocenters. The second kappa shape index (κ2) is 3.77. The van der Waals surface area contributed by atoms with Crippen molar-refractivity contribution in [1.82, 2.24) is 0 Å². The average molecular weight is 219 g/mol. The summed E-state index contributed by atoms with van der Waals surface area (Å²) in [7, 11) is 1.74. The van der Waals surface area contributed by atoms with Crippen LogP contribution in [0.2, 0.25) is 0 Å². The number of rotatable bonds is 3. The number of benzene rings is 1. The van der Waals surface area contributed by atoms with Gasteiger partial charge in [-0.3, -0.25) is 0 Å². The quantitative estimate of drug-likeness (QED) is 0.848. The third-order valence-corrected chi connectivity index (χ3v) is 4.12. The van der Waals surface area contributed by atoms with Crippen LogP contribution >= 0.6 is 0 Å². The molecule has 0 amide bonds. The Kier molecular flexibility index (Phi) is 2.70. The highest BCUT2D eigenvalue weighted by Gasteiger charge is 2.58. The minimum atomic E-state index is 0.314. The molecule has 1 aromatic carbocycles. The SMILES string of the molecule is COc1cccc(C)c1[C@@H]1[C@@H](CN)C1(C)C. The molecule has 1 saturated carbocycles. The van der Waals surface area contributed by atoms with Gasteiger partial charge in [0.1, 0.15) is 5.75 Å². The summed E-state index contributed by atoms with van der Waals surface area (Å²) in [4.78, 5) is 0. The molecule has 2 nitrogen and oxygen atoms in total. The van der Waals surface area contributed by atoms with Crippen molar-refractivity contribution in [2.75, 3.05) is 13.7 Å². The summed E-state index contributed by atoms with van der Waals surface area (Å²) in [5, 5.41) is 0. The van der Waals surface area contributed by atoms with Crippen LogP contribution in [0.3, 0.4) is 0 Å². The van der Waals surface area contributed by atoms with Crippen molar-refractivity contribution in [3.8, 4) is 5.75 Å². The Morgan fingerprint density at radius 2 is 2.06 bits per heavy atom. The molecule has 2 rings (SSSR count). The van der Waals surface area contributed by atoms with E-state index in [1.54, 1.807) is 7.11 Å². The van der Waals surface area contributed by atoms with E-state index in [0.717, 1.165) is 12.3 Å². The number of nitrogens with two attached hydrogens (primary N) is 1. The highest BCUT2D eigenvalue weighted by Crippen LogP contribution is 2.65. The molecule has 0 heterocycles. The van der Waals surface area contributed by atoms with Crippen LogP contribution in [-0.4, -0.2) is 13.7 Å². The fourth-order valence-corrected chi connectivity index (χ4v) is 2.99. The maximum absolute atomic E-state index is 5.84. The van der Waals surface area contributed by atoms with Gasteiger partial charge < -0.3 is 10.5 Å². The summed E-state index contributed by atoms with van der Waals surface area (Å²) in [6.07, 6.45) is 0. The van der Waals surface area contributed by atoms with Crippen molar-refractivity contribution in [3.05, 3.63) is 29.3 Å². The van der Waals surface area contributed by atoms with Gasteiger partial charge in [0.05, 0.1) is 7.11 Å². The maximum atomic E-state index is 5.84. The van der Waals surface area contributed by atoms with Crippen LogP contribution in [-0.2, 0) is 0 Å². The van der Waals surface area contributed by atoms with E-state index in [0.29, 0.717) is 17.3 Å². The van der Waals surface area contributed by atoms with Gasteiger partial charge in [0.15, 0.2) is 0 Å². The number of methoxy groups -OCH3 is 1. The minimum Gasteiger partial charge on any atom is -0.496 e. The molecule has 0 aliphatic heterocycles. The lowest BCUT2D eigenvalue weighted by Crippen LogP contribution is -2.05. The van der Waals surface area contributed by atoms with Gasteiger partial charge >= 0.3 is 0 Å². The summed E-state index contributed by atoms with van der Waals surface area (Å²) in [5.74, 6) is 2.14. The third-order valence-electron chi connectivity index (χ3n) is 4.12. The lowest BCUT2D eigenvalue weighted by molar-refractivity contribution is 0.407. The first kappa shape index (κ1) is 11.5. The lowest BCUT2D eigenvalue weighted by atomic mass is 9.98. The molecule has 2 heteroatoms. The van der Waals surface area contributed by atoms with Crippen LogP contribution < -0.4 is 10.5 Å². The fraction of sp³-hybridized carbons (Fsp3) is 0.571. The highest BCUT2D eigenvalue weighted by molar-refractivity contribution is 5.47. The van der Waals surface area contributed by atoms with E-state index < -0.39 is 0 Å². The summed E-state index contributed by atoms with van der Waals surface area (Å²) in [5.41, 5.74) is 8.82. The topological polar surface area (TPSA) is 35.2 Å². The summed E-state index contributed by atoms with van der Waals surface area (Å²) in [6.45, 7) is 7.50. The van der Waals surface area contributed by atoms with Crippen molar-refractivity contribution in [3.63, 3.8) is 0 Å². The number of aryl methyl sites for hydroxylation is 1. The van der Waals surface area contributed by atoms with Crippen molar-refractivity contribution in [2.45, 2.75) is 26.7 Å². The summed E-state index contributed by atoms with van der Waals surface area (Å²) >= 11 is 0. The molecule has 0 aromatic heterocycles. The second-order valence-corrected chi connectivity index (χ2v) is 5.33. The van der Waals surface area contributed by atoms with Crippen molar-refractivity contribution in [2.24, 2.45) is 17.1 Å². The number of hydrogen-bond acceptors (Lipinski definition) is 2. The predicted molar refractivity (Wildman–Crippen MR) is 66.8 cm³/mol. The minimum absolute atomic E-state index is 0.314.